The normalized spacial score (nSPS) is 10.3. The highest BCUT2D eigenvalue weighted by Crippen LogP contribution is 2.40. The Labute approximate surface area is 105 Å². The van der Waals surface area contributed by atoms with Crippen LogP contribution in [0.25, 0.3) is 0 Å². The van der Waals surface area contributed by atoms with Gasteiger partial charge in [-0.2, -0.15) is 0 Å². The molecule has 18 heavy (non-hydrogen) atoms. The second-order valence-electron chi connectivity index (χ2n) is 3.26. The van der Waals surface area contributed by atoms with E-state index >= 15 is 0 Å². The van der Waals surface area contributed by atoms with E-state index in [2.05, 4.69) is 0 Å². The molecule has 0 bridgehead atoms. The van der Waals surface area contributed by atoms with Gasteiger partial charge in [-0.3, -0.25) is 0 Å². The summed E-state index contributed by atoms with van der Waals surface area (Å²) in [5, 5.41) is 0. The molecule has 0 aromatic heterocycles. The summed E-state index contributed by atoms with van der Waals surface area (Å²) >= 11 is 0. The third kappa shape index (κ3) is 4.22. The number of phosphoric ester groups is 1. The topological polar surface area (TPSA) is 95.1 Å². The fraction of sp³-hybridized carbons (Fsp3) is 0. The first-order valence-corrected chi connectivity index (χ1v) is 6.42. The molecule has 4 N–H and O–H groups in total. The van der Waals surface area contributed by atoms with Gasteiger partial charge in [-0.05, 0) is 24.3 Å². The van der Waals surface area contributed by atoms with Gasteiger partial charge in [0.2, 0.25) is 0 Å². The minimum atomic E-state index is -4.39. The third-order valence-electron chi connectivity index (χ3n) is 1.92. The quantitative estimate of drug-likeness (QED) is 0.861. The summed E-state index contributed by atoms with van der Waals surface area (Å²) in [7, 11) is -4.39. The highest BCUT2D eigenvalue weighted by atomic mass is 31.2. The Kier molecular flexibility index (Phi) is 4.92. The Balaban J connectivity index is 0.00000162. The van der Waals surface area contributed by atoms with Crippen LogP contribution in [-0.2, 0) is 4.57 Å². The van der Waals surface area contributed by atoms with E-state index in [1.165, 1.54) is 0 Å². The average molecular weight is 267 g/mol. The van der Waals surface area contributed by atoms with E-state index in [1.54, 1.807) is 60.7 Å². The summed E-state index contributed by atoms with van der Waals surface area (Å²) < 4.78 is 21.1. The fourth-order valence-corrected chi connectivity index (χ4v) is 2.04. The van der Waals surface area contributed by atoms with Crippen molar-refractivity contribution in [2.24, 2.45) is 0 Å². The van der Waals surface area contributed by atoms with Gasteiger partial charge in [-0.1, -0.05) is 36.4 Å². The van der Waals surface area contributed by atoms with Crippen LogP contribution >= 0.6 is 7.82 Å². The SMILES string of the molecule is O=P([O-])(Oc1ccccc1)Oc1ccccc1.[NH4+]. The Morgan fingerprint density at radius 1 is 0.778 bits per heavy atom. The van der Waals surface area contributed by atoms with Crippen LogP contribution in [0, 0.1) is 0 Å². The first-order valence-electron chi connectivity index (χ1n) is 4.96. The first kappa shape index (κ1) is 14.3. The smallest absolute Gasteiger partial charge is 0.372 e. The van der Waals surface area contributed by atoms with Crippen molar-refractivity contribution < 1.29 is 18.5 Å². The number of hydrogen-bond donors (Lipinski definition) is 1. The van der Waals surface area contributed by atoms with E-state index in [9.17, 15) is 9.46 Å². The minimum absolute atomic E-state index is 0. The molecule has 96 valence electrons. The van der Waals surface area contributed by atoms with Crippen molar-refractivity contribution in [1.82, 2.24) is 6.15 Å². The van der Waals surface area contributed by atoms with Crippen molar-refractivity contribution in [2.45, 2.75) is 0 Å². The van der Waals surface area contributed by atoms with E-state index in [4.69, 9.17) is 9.05 Å². The van der Waals surface area contributed by atoms with Crippen molar-refractivity contribution in [1.29, 1.82) is 0 Å². The van der Waals surface area contributed by atoms with E-state index in [-0.39, 0.29) is 17.6 Å². The second-order valence-corrected chi connectivity index (χ2v) is 4.52. The summed E-state index contributed by atoms with van der Waals surface area (Å²) in [6.07, 6.45) is 0. The minimum Gasteiger partial charge on any atom is -0.736 e. The molecule has 0 radical (unpaired) electrons. The van der Waals surface area contributed by atoms with Gasteiger partial charge in [0, 0.05) is 0 Å². The van der Waals surface area contributed by atoms with Crippen LogP contribution in [0.4, 0.5) is 0 Å². The summed E-state index contributed by atoms with van der Waals surface area (Å²) in [6, 6.07) is 16.4. The molecule has 2 aromatic rings. The number of para-hydroxylation sites is 2. The van der Waals surface area contributed by atoms with E-state index in [0.29, 0.717) is 0 Å². The summed E-state index contributed by atoms with van der Waals surface area (Å²) in [6.45, 7) is 0. The molecule has 0 unspecified atom stereocenters. The lowest BCUT2D eigenvalue weighted by atomic mass is 10.3. The molecule has 0 spiro atoms. The monoisotopic (exact) mass is 267 g/mol. The molecule has 6 heteroatoms. The maximum atomic E-state index is 11.6. The van der Waals surface area contributed by atoms with Crippen molar-refractivity contribution in [3.63, 3.8) is 0 Å². The predicted octanol–water partition coefficient (Wildman–Crippen LogP) is 2.99. The number of rotatable bonds is 4. The van der Waals surface area contributed by atoms with Gasteiger partial charge >= 0.3 is 7.82 Å². The summed E-state index contributed by atoms with van der Waals surface area (Å²) in [5.41, 5.74) is 0. The molecular formula is C12H14NO4P. The largest absolute Gasteiger partial charge is 0.736 e. The highest BCUT2D eigenvalue weighted by molar-refractivity contribution is 7.46. The van der Waals surface area contributed by atoms with E-state index in [1.807, 2.05) is 0 Å². The van der Waals surface area contributed by atoms with Gasteiger partial charge < -0.3 is 20.1 Å². The van der Waals surface area contributed by atoms with Crippen LogP contribution in [-0.4, -0.2) is 0 Å². The van der Waals surface area contributed by atoms with Gasteiger partial charge in [-0.25, -0.2) is 4.57 Å². The van der Waals surface area contributed by atoms with Gasteiger partial charge in [0.05, 0.1) is 0 Å². The zero-order valence-electron chi connectivity index (χ0n) is 9.85. The van der Waals surface area contributed by atoms with Crippen molar-refractivity contribution >= 4 is 7.82 Å². The van der Waals surface area contributed by atoms with Crippen molar-refractivity contribution in [3.8, 4) is 11.5 Å². The van der Waals surface area contributed by atoms with Crippen LogP contribution in [0.2, 0.25) is 0 Å². The fourth-order valence-electron chi connectivity index (χ4n) is 1.24. The summed E-state index contributed by atoms with van der Waals surface area (Å²) in [5.74, 6) is 0.448. The maximum absolute atomic E-state index is 11.6. The maximum Gasteiger partial charge on any atom is 0.372 e. The molecule has 0 atom stereocenters. The molecular weight excluding hydrogens is 253 g/mol. The Morgan fingerprint density at radius 2 is 1.11 bits per heavy atom. The molecule has 0 amide bonds. The third-order valence-corrected chi connectivity index (χ3v) is 2.79. The van der Waals surface area contributed by atoms with E-state index in [0.717, 1.165) is 0 Å². The molecule has 0 aliphatic heterocycles. The number of hydrogen-bond acceptors (Lipinski definition) is 4. The van der Waals surface area contributed by atoms with Crippen LogP contribution in [0.1, 0.15) is 0 Å². The number of phosphoric acid groups is 1. The lowest BCUT2D eigenvalue weighted by molar-refractivity contribution is -0.208. The zero-order chi connectivity index (χ0) is 12.1. The van der Waals surface area contributed by atoms with E-state index < -0.39 is 7.82 Å². The van der Waals surface area contributed by atoms with Crippen LogP contribution < -0.4 is 20.1 Å². The lowest BCUT2D eigenvalue weighted by Gasteiger charge is -2.23. The lowest BCUT2D eigenvalue weighted by Crippen LogP contribution is -2.12. The molecule has 2 rings (SSSR count). The van der Waals surface area contributed by atoms with Crippen LogP contribution in [0.3, 0.4) is 0 Å². The molecule has 0 aliphatic carbocycles. The molecule has 0 aliphatic rings. The Bertz CT molecular complexity index is 473. The first-order chi connectivity index (χ1) is 8.16. The molecule has 2 aromatic carbocycles. The standard InChI is InChI=1S/C12H11O4P.H3N/c13-17(14,15-11-7-3-1-4-8-11)16-12-9-5-2-6-10-12;/h1-10H,(H,13,14);1H3. The van der Waals surface area contributed by atoms with Crippen molar-refractivity contribution in [3.05, 3.63) is 60.7 Å². The summed E-state index contributed by atoms with van der Waals surface area (Å²) in [4.78, 5) is 11.6. The second kappa shape index (κ2) is 6.21. The Hall–Kier alpha value is -1.81. The Morgan fingerprint density at radius 3 is 1.44 bits per heavy atom. The highest BCUT2D eigenvalue weighted by Gasteiger charge is 2.12. The van der Waals surface area contributed by atoms with Gasteiger partial charge in [0.1, 0.15) is 11.5 Å². The van der Waals surface area contributed by atoms with Crippen LogP contribution in [0.15, 0.2) is 60.7 Å². The van der Waals surface area contributed by atoms with Gasteiger partial charge in [0.15, 0.2) is 0 Å². The molecule has 0 saturated carbocycles. The zero-order valence-corrected chi connectivity index (χ0v) is 10.7. The van der Waals surface area contributed by atoms with Crippen LogP contribution in [0.5, 0.6) is 11.5 Å². The van der Waals surface area contributed by atoms with Gasteiger partial charge in [-0.15, -0.1) is 0 Å². The molecule has 0 heterocycles. The average Bonchev–Trinajstić information content (AvgIpc) is 2.30. The number of benzene rings is 2. The predicted molar refractivity (Wildman–Crippen MR) is 67.7 cm³/mol. The molecule has 5 nitrogen and oxygen atoms in total. The number of quaternary nitrogens is 1. The molecule has 0 fully saturated rings. The van der Waals surface area contributed by atoms with Gasteiger partial charge in [0.25, 0.3) is 0 Å². The van der Waals surface area contributed by atoms with Crippen molar-refractivity contribution in [2.75, 3.05) is 0 Å². The molecule has 0 saturated heterocycles.